The summed E-state index contributed by atoms with van der Waals surface area (Å²) >= 11 is 0. The lowest BCUT2D eigenvalue weighted by Gasteiger charge is -2.34. The van der Waals surface area contributed by atoms with E-state index in [0.29, 0.717) is 50.2 Å². The smallest absolute Gasteiger partial charge is 0.236 e. The van der Waals surface area contributed by atoms with Gasteiger partial charge in [0, 0.05) is 42.5 Å². The van der Waals surface area contributed by atoms with E-state index >= 15 is 0 Å². The van der Waals surface area contributed by atoms with E-state index in [1.54, 1.807) is 12.3 Å². The minimum absolute atomic E-state index is 0.138. The molecule has 2 saturated heterocycles. The predicted octanol–water partition coefficient (Wildman–Crippen LogP) is 1.78. The Labute approximate surface area is 168 Å². The molecule has 0 amide bonds. The number of rotatable bonds is 3. The largest absolute Gasteiger partial charge is 0.377 e. The Balaban J connectivity index is 1.69. The van der Waals surface area contributed by atoms with E-state index < -0.39 is 10.0 Å². The number of nitrogens with one attached hydrogen (secondary N) is 1. The van der Waals surface area contributed by atoms with Gasteiger partial charge < -0.3 is 14.6 Å². The van der Waals surface area contributed by atoms with Gasteiger partial charge in [-0.25, -0.2) is 23.4 Å². The van der Waals surface area contributed by atoms with Crippen molar-refractivity contribution in [3.05, 3.63) is 30.6 Å². The molecule has 29 heavy (non-hydrogen) atoms. The molecule has 0 unspecified atom stereocenters. The lowest BCUT2D eigenvalue weighted by Crippen LogP contribution is -2.44. The van der Waals surface area contributed by atoms with Crippen LogP contribution in [-0.2, 0) is 14.8 Å². The Hall–Kier alpha value is -2.72. The summed E-state index contributed by atoms with van der Waals surface area (Å²) in [5.74, 6) is 1.77. The molecule has 10 heteroatoms. The molecule has 152 valence electrons. The van der Waals surface area contributed by atoms with Crippen LogP contribution < -0.4 is 9.21 Å². The third kappa shape index (κ3) is 3.22. The molecule has 0 spiro atoms. The Morgan fingerprint density at radius 3 is 2.86 bits per heavy atom. The number of anilines is 2. The third-order valence-corrected chi connectivity index (χ3v) is 7.26. The fourth-order valence-corrected chi connectivity index (χ4v) is 5.44. The summed E-state index contributed by atoms with van der Waals surface area (Å²) in [5.41, 5.74) is 1.56. The Bertz CT molecular complexity index is 1160. The zero-order valence-corrected chi connectivity index (χ0v) is 16.9. The molecule has 9 nitrogen and oxygen atoms in total. The van der Waals surface area contributed by atoms with Crippen LogP contribution in [0.1, 0.15) is 13.3 Å². The molecule has 0 bridgehead atoms. The van der Waals surface area contributed by atoms with Crippen molar-refractivity contribution in [2.75, 3.05) is 41.3 Å². The molecule has 1 atom stereocenters. The molecule has 1 N–H and O–H groups in total. The molecular formula is C19H22N6O3S. The summed E-state index contributed by atoms with van der Waals surface area (Å²) in [6.07, 6.45) is 4.12. The average molecular weight is 414 g/mol. The molecule has 2 fully saturated rings. The second kappa shape index (κ2) is 6.96. The normalized spacial score (nSPS) is 21.8. The Morgan fingerprint density at radius 2 is 2.07 bits per heavy atom. The van der Waals surface area contributed by atoms with Crippen LogP contribution in [0, 0.1) is 0 Å². The van der Waals surface area contributed by atoms with Crippen LogP contribution in [0.2, 0.25) is 0 Å². The highest BCUT2D eigenvalue weighted by Crippen LogP contribution is 2.32. The van der Waals surface area contributed by atoms with Gasteiger partial charge >= 0.3 is 0 Å². The van der Waals surface area contributed by atoms with Crippen molar-refractivity contribution in [2.45, 2.75) is 19.4 Å². The highest BCUT2D eigenvalue weighted by molar-refractivity contribution is 7.93. The molecule has 0 radical (unpaired) electrons. The number of ether oxygens (including phenoxy) is 1. The highest BCUT2D eigenvalue weighted by atomic mass is 32.2. The van der Waals surface area contributed by atoms with Gasteiger partial charge in [0.1, 0.15) is 17.3 Å². The fourth-order valence-electron chi connectivity index (χ4n) is 3.94. The van der Waals surface area contributed by atoms with Gasteiger partial charge in [-0.2, -0.15) is 0 Å². The number of nitrogens with zero attached hydrogens (tertiary/aromatic N) is 5. The van der Waals surface area contributed by atoms with Gasteiger partial charge in [0.15, 0.2) is 5.82 Å². The minimum atomic E-state index is -3.35. The quantitative estimate of drug-likeness (QED) is 0.697. The van der Waals surface area contributed by atoms with Gasteiger partial charge in [-0.3, -0.25) is 4.31 Å². The summed E-state index contributed by atoms with van der Waals surface area (Å²) in [6.45, 7) is 4.42. The second-order valence-electron chi connectivity index (χ2n) is 7.37. The summed E-state index contributed by atoms with van der Waals surface area (Å²) in [5, 5.41) is 0.898. The number of hydrogen-bond donors (Lipinski definition) is 1. The van der Waals surface area contributed by atoms with Crippen molar-refractivity contribution in [3.8, 4) is 11.4 Å². The van der Waals surface area contributed by atoms with Crippen LogP contribution >= 0.6 is 0 Å². The number of pyridine rings is 1. The predicted molar refractivity (Wildman–Crippen MR) is 110 cm³/mol. The number of aromatic nitrogens is 4. The topological polar surface area (TPSA) is 104 Å². The van der Waals surface area contributed by atoms with E-state index in [4.69, 9.17) is 9.72 Å². The number of H-pyrrole nitrogens is 1. The molecule has 0 aromatic carbocycles. The van der Waals surface area contributed by atoms with E-state index in [1.807, 2.05) is 18.3 Å². The summed E-state index contributed by atoms with van der Waals surface area (Å²) in [6, 6.07) is 5.71. The monoisotopic (exact) mass is 414 g/mol. The molecule has 3 aromatic rings. The summed E-state index contributed by atoms with van der Waals surface area (Å²) in [7, 11) is -3.35. The fraction of sp³-hybridized carbons (Fsp3) is 0.421. The van der Waals surface area contributed by atoms with Crippen molar-refractivity contribution in [3.63, 3.8) is 0 Å². The molecule has 0 saturated carbocycles. The number of aromatic amines is 1. The molecule has 5 heterocycles. The zero-order chi connectivity index (χ0) is 20.0. The number of sulfonamides is 1. The van der Waals surface area contributed by atoms with Crippen LogP contribution in [0.5, 0.6) is 0 Å². The lowest BCUT2D eigenvalue weighted by molar-refractivity contribution is 0.0985. The van der Waals surface area contributed by atoms with E-state index in [9.17, 15) is 8.42 Å². The SMILES string of the molecule is C[C@@H]1COCCN1c1cc(N2CCCS2(=O)=O)nc(-c2ccnc3[nH]ccc23)n1. The maximum absolute atomic E-state index is 12.5. The molecule has 2 aliphatic rings. The first-order chi connectivity index (χ1) is 14.0. The van der Waals surface area contributed by atoms with Crippen molar-refractivity contribution in [1.29, 1.82) is 0 Å². The van der Waals surface area contributed by atoms with Gasteiger partial charge in [0.2, 0.25) is 10.0 Å². The standard InChI is InChI=1S/C19H22N6O3S/c1-13-12-28-9-8-24(13)16-11-17(25-7-2-10-29(25,26)27)23-19(22-16)15-4-6-21-18-14(15)3-5-20-18/h3-6,11,13H,2,7-10,12H2,1H3,(H,20,21)/t13-/m1/s1. The lowest BCUT2D eigenvalue weighted by atomic mass is 10.1. The van der Waals surface area contributed by atoms with Crippen molar-refractivity contribution >= 4 is 32.7 Å². The van der Waals surface area contributed by atoms with Crippen LogP contribution in [0.4, 0.5) is 11.6 Å². The van der Waals surface area contributed by atoms with Gasteiger partial charge in [0.05, 0.1) is 25.0 Å². The molecule has 3 aromatic heterocycles. The minimum Gasteiger partial charge on any atom is -0.377 e. The van der Waals surface area contributed by atoms with Crippen LogP contribution in [-0.4, -0.2) is 66.5 Å². The van der Waals surface area contributed by atoms with Crippen LogP contribution in [0.15, 0.2) is 30.6 Å². The van der Waals surface area contributed by atoms with Crippen LogP contribution in [0.3, 0.4) is 0 Å². The highest BCUT2D eigenvalue weighted by Gasteiger charge is 2.31. The van der Waals surface area contributed by atoms with Gasteiger partial charge in [-0.1, -0.05) is 0 Å². The average Bonchev–Trinajstić information content (AvgIpc) is 3.33. The van der Waals surface area contributed by atoms with E-state index in [2.05, 4.69) is 26.8 Å². The maximum atomic E-state index is 12.5. The first-order valence-electron chi connectivity index (χ1n) is 9.69. The molecule has 5 rings (SSSR count). The van der Waals surface area contributed by atoms with E-state index in [1.165, 1.54) is 4.31 Å². The third-order valence-electron chi connectivity index (χ3n) is 5.42. The molecule has 0 aliphatic carbocycles. The molecule has 2 aliphatic heterocycles. The van der Waals surface area contributed by atoms with Crippen molar-refractivity contribution in [1.82, 2.24) is 19.9 Å². The van der Waals surface area contributed by atoms with Crippen molar-refractivity contribution in [2.24, 2.45) is 0 Å². The summed E-state index contributed by atoms with van der Waals surface area (Å²) < 4.78 is 32.1. The van der Waals surface area contributed by atoms with Gasteiger partial charge in [-0.15, -0.1) is 0 Å². The van der Waals surface area contributed by atoms with Gasteiger partial charge in [-0.05, 0) is 25.5 Å². The molecular weight excluding hydrogens is 392 g/mol. The van der Waals surface area contributed by atoms with E-state index in [-0.39, 0.29) is 11.8 Å². The van der Waals surface area contributed by atoms with Crippen molar-refractivity contribution < 1.29 is 13.2 Å². The van der Waals surface area contributed by atoms with Crippen LogP contribution in [0.25, 0.3) is 22.4 Å². The van der Waals surface area contributed by atoms with Gasteiger partial charge in [0.25, 0.3) is 0 Å². The number of morpholine rings is 1. The Morgan fingerprint density at radius 1 is 1.21 bits per heavy atom. The summed E-state index contributed by atoms with van der Waals surface area (Å²) in [4.78, 5) is 19.1. The second-order valence-corrected chi connectivity index (χ2v) is 9.38. The maximum Gasteiger partial charge on any atom is 0.236 e. The Kier molecular flexibility index (Phi) is 4.39. The first-order valence-corrected chi connectivity index (χ1v) is 11.3. The number of hydrogen-bond acceptors (Lipinski definition) is 7. The first kappa shape index (κ1) is 18.3. The number of fused-ring (bicyclic) bond motifs is 1. The zero-order valence-electron chi connectivity index (χ0n) is 16.1. The van der Waals surface area contributed by atoms with E-state index in [0.717, 1.165) is 16.6 Å².